The van der Waals surface area contributed by atoms with E-state index in [1.165, 1.54) is 0 Å². The molecule has 0 radical (unpaired) electrons. The third-order valence-electron chi connectivity index (χ3n) is 9.99. The minimum atomic E-state index is -1.12. The molecule has 0 spiro atoms. The minimum Gasteiger partial charge on any atom is -0.425 e. The van der Waals surface area contributed by atoms with Crippen LogP contribution in [0, 0.1) is 37.5 Å². The van der Waals surface area contributed by atoms with Gasteiger partial charge in [-0.25, -0.2) is 14.4 Å². The lowest BCUT2D eigenvalue weighted by molar-refractivity contribution is -0.327. The van der Waals surface area contributed by atoms with Gasteiger partial charge >= 0.3 is 18.1 Å². The summed E-state index contributed by atoms with van der Waals surface area (Å²) in [5, 5.41) is 0. The number of aryl methyl sites for hydroxylation is 2. The summed E-state index contributed by atoms with van der Waals surface area (Å²) >= 11 is 0. The smallest absolute Gasteiger partial charge is 0.425 e. The largest absolute Gasteiger partial charge is 0.509 e. The average molecular weight is 639 g/mol. The van der Waals surface area contributed by atoms with Crippen molar-refractivity contribution in [3.63, 3.8) is 0 Å². The maximum absolute atomic E-state index is 13.5. The highest BCUT2D eigenvalue weighted by Gasteiger charge is 2.50. The molecule has 6 atom stereocenters. The number of benzene rings is 2. The average Bonchev–Trinajstić information content (AvgIpc) is 3.00. The highest BCUT2D eigenvalue weighted by molar-refractivity contribution is 5.89. The lowest BCUT2D eigenvalue weighted by Crippen LogP contribution is -2.53. The van der Waals surface area contributed by atoms with Gasteiger partial charge in [-0.3, -0.25) is 9.78 Å². The van der Waals surface area contributed by atoms with E-state index in [1.807, 2.05) is 38.1 Å². The summed E-state index contributed by atoms with van der Waals surface area (Å²) in [6, 6.07) is 14.0. The molecule has 9 heteroatoms. The molecule has 2 aliphatic carbocycles. The van der Waals surface area contributed by atoms with Crippen LogP contribution in [0.3, 0.4) is 0 Å². The van der Waals surface area contributed by atoms with Gasteiger partial charge in [-0.2, -0.15) is 9.78 Å². The first-order valence-corrected chi connectivity index (χ1v) is 16.5. The van der Waals surface area contributed by atoms with E-state index in [9.17, 15) is 14.4 Å². The molecule has 0 heterocycles. The molecule has 0 N–H and O–H groups in total. The molecule has 0 aliphatic heterocycles. The zero-order chi connectivity index (χ0) is 33.6. The molecule has 2 aromatic rings. The Morgan fingerprint density at radius 2 is 0.978 bits per heavy atom. The lowest BCUT2D eigenvalue weighted by atomic mass is 9.73. The summed E-state index contributed by atoms with van der Waals surface area (Å²) in [4.78, 5) is 61.1. The van der Waals surface area contributed by atoms with Crippen molar-refractivity contribution in [3.8, 4) is 0 Å². The van der Waals surface area contributed by atoms with Crippen molar-refractivity contribution >= 4 is 18.1 Å². The number of rotatable bonds is 10. The second-order valence-corrected chi connectivity index (χ2v) is 14.3. The van der Waals surface area contributed by atoms with Gasteiger partial charge in [0.2, 0.25) is 0 Å². The molecule has 0 aromatic heterocycles. The van der Waals surface area contributed by atoms with E-state index < -0.39 is 41.5 Å². The summed E-state index contributed by atoms with van der Waals surface area (Å²) in [5.74, 6) is 0.0792. The van der Waals surface area contributed by atoms with Crippen LogP contribution in [0.15, 0.2) is 48.5 Å². The third kappa shape index (κ3) is 8.88. The highest BCUT2D eigenvalue weighted by atomic mass is 17.2. The normalized spacial score (nSPS) is 28.0. The van der Waals surface area contributed by atoms with Gasteiger partial charge in [-0.1, -0.05) is 63.1 Å². The second kappa shape index (κ2) is 15.0. The van der Waals surface area contributed by atoms with Crippen LogP contribution in [-0.4, -0.2) is 41.5 Å². The van der Waals surface area contributed by atoms with E-state index in [1.54, 1.807) is 38.1 Å². The van der Waals surface area contributed by atoms with Crippen molar-refractivity contribution in [2.24, 2.45) is 23.7 Å². The number of hydrogen-bond donors (Lipinski definition) is 0. The Balaban J connectivity index is 1.45. The Morgan fingerprint density at radius 1 is 0.630 bits per heavy atom. The monoisotopic (exact) mass is 638 g/mol. The first kappa shape index (κ1) is 35.4. The van der Waals surface area contributed by atoms with Gasteiger partial charge in [0, 0.05) is 0 Å². The zero-order valence-electron chi connectivity index (χ0n) is 28.5. The zero-order valence-corrected chi connectivity index (χ0v) is 28.5. The number of ether oxygens (including phenoxy) is 2. The molecule has 4 rings (SSSR count). The van der Waals surface area contributed by atoms with Gasteiger partial charge in [-0.15, -0.1) is 0 Å². The van der Waals surface area contributed by atoms with Crippen LogP contribution in [0.4, 0.5) is 4.79 Å². The van der Waals surface area contributed by atoms with Crippen LogP contribution in [0.1, 0.15) is 112 Å². The number of carbonyl (C=O) groups is 3. The molecule has 46 heavy (non-hydrogen) atoms. The lowest BCUT2D eigenvalue weighted by Gasteiger charge is -2.45. The fraction of sp³-hybridized carbons (Fsp3) is 0.595. The Kier molecular flexibility index (Phi) is 11.5. The van der Waals surface area contributed by atoms with E-state index in [2.05, 4.69) is 27.7 Å². The van der Waals surface area contributed by atoms with Gasteiger partial charge in [0.1, 0.15) is 23.4 Å². The van der Waals surface area contributed by atoms with Crippen molar-refractivity contribution < 1.29 is 43.4 Å². The van der Waals surface area contributed by atoms with E-state index in [0.717, 1.165) is 24.0 Å². The summed E-state index contributed by atoms with van der Waals surface area (Å²) in [5.41, 5.74) is 0.539. The Labute approximate surface area is 273 Å². The fourth-order valence-corrected chi connectivity index (χ4v) is 6.36. The standard InChI is InChI=1S/C37H50O9/c1-23(2)29-17-19-36(7,31(21-29)43-45-33(38)27-13-9-25(5)10-14-27)41-35(40)42-37(8)20-18-30(24(3)4)22-32(37)44-46-34(39)28-15-11-26(6)12-16-28/h9-16,23-24,29-32H,17-22H2,1-8H3. The molecule has 0 amide bonds. The second-order valence-electron chi connectivity index (χ2n) is 14.3. The van der Waals surface area contributed by atoms with E-state index in [-0.39, 0.29) is 0 Å². The van der Waals surface area contributed by atoms with Gasteiger partial charge in [-0.05, 0) is 114 Å². The SMILES string of the molecule is Cc1ccc(C(=O)OOC2CC(C(C)C)CCC2(C)OC(=O)OC2(C)CCC(C(C)C)CC2OOC(=O)c2ccc(C)cc2)cc1. The Bertz CT molecular complexity index is 1230. The summed E-state index contributed by atoms with van der Waals surface area (Å²) in [6.07, 6.45) is 1.39. The van der Waals surface area contributed by atoms with Crippen LogP contribution in [-0.2, 0) is 29.0 Å². The van der Waals surface area contributed by atoms with Crippen LogP contribution < -0.4 is 0 Å². The molecule has 2 aromatic carbocycles. The van der Waals surface area contributed by atoms with Crippen molar-refractivity contribution in [2.75, 3.05) is 0 Å². The van der Waals surface area contributed by atoms with Gasteiger partial charge < -0.3 is 9.47 Å². The molecule has 2 aliphatic rings. The molecule has 0 saturated heterocycles. The third-order valence-corrected chi connectivity index (χ3v) is 9.99. The Hall–Kier alpha value is -3.43. The summed E-state index contributed by atoms with van der Waals surface area (Å²) < 4.78 is 12.1. The predicted octanol–water partition coefficient (Wildman–Crippen LogP) is 8.50. The first-order valence-electron chi connectivity index (χ1n) is 16.5. The molecule has 0 bridgehead atoms. The van der Waals surface area contributed by atoms with E-state index in [4.69, 9.17) is 29.0 Å². The van der Waals surface area contributed by atoms with E-state index >= 15 is 0 Å². The topological polar surface area (TPSA) is 107 Å². The molecule has 2 saturated carbocycles. The van der Waals surface area contributed by atoms with Crippen LogP contribution in [0.25, 0.3) is 0 Å². The molecular weight excluding hydrogens is 588 g/mol. The maximum Gasteiger partial charge on any atom is 0.509 e. The summed E-state index contributed by atoms with van der Waals surface area (Å²) in [6.45, 7) is 16.0. The molecule has 2 fully saturated rings. The molecule has 9 nitrogen and oxygen atoms in total. The van der Waals surface area contributed by atoms with Crippen LogP contribution in [0.2, 0.25) is 0 Å². The highest BCUT2D eigenvalue weighted by Crippen LogP contribution is 2.43. The fourth-order valence-electron chi connectivity index (χ4n) is 6.36. The molecule has 6 unspecified atom stereocenters. The Morgan fingerprint density at radius 3 is 1.30 bits per heavy atom. The van der Waals surface area contributed by atoms with Gasteiger partial charge in [0.25, 0.3) is 0 Å². The predicted molar refractivity (Wildman–Crippen MR) is 172 cm³/mol. The van der Waals surface area contributed by atoms with Gasteiger partial charge in [0.15, 0.2) is 0 Å². The quantitative estimate of drug-likeness (QED) is 0.144. The molecular formula is C37H50O9. The van der Waals surface area contributed by atoms with Gasteiger partial charge in [0.05, 0.1) is 11.1 Å². The summed E-state index contributed by atoms with van der Waals surface area (Å²) in [7, 11) is 0. The van der Waals surface area contributed by atoms with Crippen LogP contribution >= 0.6 is 0 Å². The van der Waals surface area contributed by atoms with E-state index in [0.29, 0.717) is 60.5 Å². The van der Waals surface area contributed by atoms with Crippen molar-refractivity contribution in [1.82, 2.24) is 0 Å². The van der Waals surface area contributed by atoms with Crippen molar-refractivity contribution in [1.29, 1.82) is 0 Å². The van der Waals surface area contributed by atoms with Crippen molar-refractivity contribution in [3.05, 3.63) is 70.8 Å². The van der Waals surface area contributed by atoms with Crippen LogP contribution in [0.5, 0.6) is 0 Å². The maximum atomic E-state index is 13.5. The number of carbonyl (C=O) groups excluding carboxylic acids is 3. The minimum absolute atomic E-state index is 0.292. The first-order chi connectivity index (χ1) is 21.7. The molecule has 252 valence electrons. The number of hydrogen-bond acceptors (Lipinski definition) is 9. The van der Waals surface area contributed by atoms with Crippen molar-refractivity contribution in [2.45, 2.75) is 117 Å².